The number of aliphatic hydroxyl groups excluding tert-OH is 1. The van der Waals surface area contributed by atoms with E-state index in [4.69, 9.17) is 4.42 Å². The fourth-order valence-electron chi connectivity index (χ4n) is 1.90. The lowest BCUT2D eigenvalue weighted by Crippen LogP contribution is -2.01. The number of hydrogen-bond acceptors (Lipinski definition) is 3. The highest BCUT2D eigenvalue weighted by Crippen LogP contribution is 2.30. The van der Waals surface area contributed by atoms with Gasteiger partial charge in [0.2, 0.25) is 0 Å². The second kappa shape index (κ2) is 4.75. The third-order valence-electron chi connectivity index (χ3n) is 2.81. The van der Waals surface area contributed by atoms with Crippen molar-refractivity contribution in [3.05, 3.63) is 64.3 Å². The van der Waals surface area contributed by atoms with Crippen molar-refractivity contribution in [2.75, 3.05) is 0 Å². The molecule has 5 heteroatoms. The van der Waals surface area contributed by atoms with E-state index in [0.717, 1.165) is 0 Å². The van der Waals surface area contributed by atoms with E-state index in [1.165, 1.54) is 18.2 Å². The fourth-order valence-corrected chi connectivity index (χ4v) is 2.38. The van der Waals surface area contributed by atoms with Gasteiger partial charge in [0.25, 0.3) is 0 Å². The molecule has 0 aliphatic carbocycles. The number of hydrogen-bond donors (Lipinski definition) is 1. The third-order valence-corrected chi connectivity index (χ3v) is 3.48. The molecule has 96 valence electrons. The number of nitrogens with zero attached hydrogens (tertiary/aromatic N) is 1. The molecular formula is C14H9BrFNO2. The van der Waals surface area contributed by atoms with Gasteiger partial charge in [-0.15, -0.1) is 0 Å². The highest BCUT2D eigenvalue weighted by Gasteiger charge is 2.19. The van der Waals surface area contributed by atoms with Crippen LogP contribution in [0, 0.1) is 5.82 Å². The Bertz CT molecular complexity index is 741. The molecule has 3 nitrogen and oxygen atoms in total. The molecule has 1 atom stereocenters. The van der Waals surface area contributed by atoms with E-state index in [9.17, 15) is 9.50 Å². The lowest BCUT2D eigenvalue weighted by atomic mass is 10.1. The molecule has 0 saturated heterocycles. The number of halogens is 2. The summed E-state index contributed by atoms with van der Waals surface area (Å²) < 4.78 is 19.3. The zero-order valence-electron chi connectivity index (χ0n) is 9.68. The molecule has 0 amide bonds. The van der Waals surface area contributed by atoms with Crippen LogP contribution in [0.5, 0.6) is 0 Å². The molecule has 0 aliphatic rings. The van der Waals surface area contributed by atoms with Crippen LogP contribution in [0.3, 0.4) is 0 Å². The summed E-state index contributed by atoms with van der Waals surface area (Å²) in [6.07, 6.45) is 0.595. The number of pyridine rings is 1. The first kappa shape index (κ1) is 12.3. The van der Waals surface area contributed by atoms with Gasteiger partial charge in [0, 0.05) is 16.1 Å². The predicted molar refractivity (Wildman–Crippen MR) is 72.2 cm³/mol. The van der Waals surface area contributed by atoms with Crippen LogP contribution < -0.4 is 0 Å². The van der Waals surface area contributed by atoms with Gasteiger partial charge < -0.3 is 9.52 Å². The number of rotatable bonds is 2. The summed E-state index contributed by atoms with van der Waals surface area (Å²) in [7, 11) is 0. The summed E-state index contributed by atoms with van der Waals surface area (Å²) >= 11 is 3.33. The van der Waals surface area contributed by atoms with Crippen molar-refractivity contribution >= 4 is 26.9 Å². The zero-order valence-corrected chi connectivity index (χ0v) is 11.3. The second-order valence-electron chi connectivity index (χ2n) is 4.10. The maximum absolute atomic E-state index is 13.1. The van der Waals surface area contributed by atoms with Crippen molar-refractivity contribution in [3.63, 3.8) is 0 Å². The van der Waals surface area contributed by atoms with Gasteiger partial charge in [-0.1, -0.05) is 0 Å². The van der Waals surface area contributed by atoms with E-state index >= 15 is 0 Å². The summed E-state index contributed by atoms with van der Waals surface area (Å²) in [4.78, 5) is 4.11. The maximum Gasteiger partial charge on any atom is 0.155 e. The largest absolute Gasteiger partial charge is 0.458 e. The molecule has 1 unspecified atom stereocenters. The van der Waals surface area contributed by atoms with Gasteiger partial charge in [-0.3, -0.25) is 4.98 Å². The predicted octanol–water partition coefficient (Wildman–Crippen LogP) is 3.81. The number of aliphatic hydroxyl groups is 1. The molecule has 0 saturated carbocycles. The quantitative estimate of drug-likeness (QED) is 0.780. The average molecular weight is 322 g/mol. The van der Waals surface area contributed by atoms with Crippen LogP contribution in [-0.4, -0.2) is 10.1 Å². The van der Waals surface area contributed by atoms with Crippen molar-refractivity contribution in [1.29, 1.82) is 0 Å². The van der Waals surface area contributed by atoms with Gasteiger partial charge in [-0.25, -0.2) is 4.39 Å². The molecule has 2 heterocycles. The van der Waals surface area contributed by atoms with E-state index < -0.39 is 6.10 Å². The normalized spacial score (nSPS) is 12.8. The van der Waals surface area contributed by atoms with Crippen LogP contribution in [0.1, 0.15) is 17.6 Å². The first-order valence-corrected chi connectivity index (χ1v) is 6.42. The van der Waals surface area contributed by atoms with E-state index in [1.807, 2.05) is 0 Å². The van der Waals surface area contributed by atoms with Crippen LogP contribution in [0.25, 0.3) is 11.0 Å². The standard InChI is InChI=1S/C14H9BrFNO2/c15-10-2-1-5-17-13(10)14(18)12-7-8-6-9(16)3-4-11(8)19-12/h1-7,14,18H. The first-order chi connectivity index (χ1) is 9.15. The Kier molecular flexibility index (Phi) is 3.08. The number of benzene rings is 1. The highest BCUT2D eigenvalue weighted by molar-refractivity contribution is 9.10. The summed E-state index contributed by atoms with van der Waals surface area (Å²) in [6, 6.07) is 9.38. The first-order valence-electron chi connectivity index (χ1n) is 5.62. The van der Waals surface area contributed by atoms with E-state index in [0.29, 0.717) is 26.9 Å². The van der Waals surface area contributed by atoms with Gasteiger partial charge in [0.1, 0.15) is 17.2 Å². The van der Waals surface area contributed by atoms with Gasteiger partial charge in [0.05, 0.1) is 5.69 Å². The SMILES string of the molecule is OC(c1cc2cc(F)ccc2o1)c1ncccc1Br. The second-order valence-corrected chi connectivity index (χ2v) is 4.96. The van der Waals surface area contributed by atoms with Crippen LogP contribution >= 0.6 is 15.9 Å². The lowest BCUT2D eigenvalue weighted by molar-refractivity contribution is 0.187. The molecule has 1 N–H and O–H groups in total. The summed E-state index contributed by atoms with van der Waals surface area (Å²) in [5, 5.41) is 10.9. The van der Waals surface area contributed by atoms with Crippen molar-refractivity contribution < 1.29 is 13.9 Å². The number of fused-ring (bicyclic) bond motifs is 1. The van der Waals surface area contributed by atoms with Gasteiger partial charge in [-0.2, -0.15) is 0 Å². The van der Waals surface area contributed by atoms with Gasteiger partial charge in [0.15, 0.2) is 6.10 Å². The highest BCUT2D eigenvalue weighted by atomic mass is 79.9. The molecule has 3 aromatic rings. The fraction of sp³-hybridized carbons (Fsp3) is 0.0714. The molecule has 0 aliphatic heterocycles. The van der Waals surface area contributed by atoms with Crippen LogP contribution in [0.15, 0.2) is 51.5 Å². The van der Waals surface area contributed by atoms with Crippen molar-refractivity contribution in [2.24, 2.45) is 0 Å². The Balaban J connectivity index is 2.07. The van der Waals surface area contributed by atoms with Gasteiger partial charge >= 0.3 is 0 Å². The Morgan fingerprint density at radius 1 is 1.26 bits per heavy atom. The summed E-state index contributed by atoms with van der Waals surface area (Å²) in [5.41, 5.74) is 0.990. The minimum atomic E-state index is -0.994. The van der Waals surface area contributed by atoms with E-state index in [1.54, 1.807) is 24.4 Å². The minimum Gasteiger partial charge on any atom is -0.458 e. The number of furan rings is 1. The molecule has 19 heavy (non-hydrogen) atoms. The maximum atomic E-state index is 13.1. The molecule has 0 fully saturated rings. The average Bonchev–Trinajstić information content (AvgIpc) is 2.81. The molecule has 2 aromatic heterocycles. The smallest absolute Gasteiger partial charge is 0.155 e. The lowest BCUT2D eigenvalue weighted by Gasteiger charge is -2.08. The Hall–Kier alpha value is -1.72. The molecule has 0 spiro atoms. The van der Waals surface area contributed by atoms with Crippen LogP contribution in [-0.2, 0) is 0 Å². The molecule has 3 rings (SSSR count). The molecule has 1 aromatic carbocycles. The van der Waals surface area contributed by atoms with Crippen molar-refractivity contribution in [1.82, 2.24) is 4.98 Å². The van der Waals surface area contributed by atoms with E-state index in [2.05, 4.69) is 20.9 Å². The molecular weight excluding hydrogens is 313 g/mol. The summed E-state index contributed by atoms with van der Waals surface area (Å²) in [6.45, 7) is 0. The Morgan fingerprint density at radius 3 is 2.89 bits per heavy atom. The molecule has 0 bridgehead atoms. The minimum absolute atomic E-state index is 0.333. The Labute approximate surface area is 116 Å². The zero-order chi connectivity index (χ0) is 13.4. The number of aromatic nitrogens is 1. The van der Waals surface area contributed by atoms with Crippen LogP contribution in [0.2, 0.25) is 0 Å². The summed E-state index contributed by atoms with van der Waals surface area (Å²) in [5.74, 6) is -0.00615. The monoisotopic (exact) mass is 321 g/mol. The van der Waals surface area contributed by atoms with Crippen LogP contribution in [0.4, 0.5) is 4.39 Å². The third kappa shape index (κ3) is 2.27. The van der Waals surface area contributed by atoms with Gasteiger partial charge in [-0.05, 0) is 52.3 Å². The van der Waals surface area contributed by atoms with Crippen molar-refractivity contribution in [2.45, 2.75) is 6.10 Å². The topological polar surface area (TPSA) is 46.3 Å². The van der Waals surface area contributed by atoms with E-state index in [-0.39, 0.29) is 5.82 Å². The van der Waals surface area contributed by atoms with Crippen molar-refractivity contribution in [3.8, 4) is 0 Å². The Morgan fingerprint density at radius 2 is 2.11 bits per heavy atom. The molecule has 0 radical (unpaired) electrons.